The summed E-state index contributed by atoms with van der Waals surface area (Å²) < 4.78 is 4.76. The van der Waals surface area contributed by atoms with Gasteiger partial charge in [0.25, 0.3) is 0 Å². The van der Waals surface area contributed by atoms with Crippen LogP contribution < -0.4 is 0 Å². The van der Waals surface area contributed by atoms with Crippen molar-refractivity contribution in [2.45, 2.75) is 12.7 Å². The molecule has 10 heavy (non-hydrogen) atoms. The van der Waals surface area contributed by atoms with E-state index in [-0.39, 0.29) is 13.2 Å². The molecule has 0 rings (SSSR count). The monoisotopic (exact) mass is 164 g/mol. The van der Waals surface area contributed by atoms with Gasteiger partial charge in [0.05, 0.1) is 13.2 Å². The molecule has 0 aromatic rings. The number of aliphatic hydroxyl groups is 1. The minimum atomic E-state index is -0.737. The van der Waals surface area contributed by atoms with Crippen LogP contribution in [0, 0.1) is 0 Å². The van der Waals surface area contributed by atoms with Gasteiger partial charge < -0.3 is 14.8 Å². The van der Waals surface area contributed by atoms with Crippen molar-refractivity contribution in [2.75, 3.05) is 19.0 Å². The van der Waals surface area contributed by atoms with Crippen LogP contribution >= 0.6 is 12.6 Å². The number of hydrogen-bond donors (Lipinski definition) is 3. The van der Waals surface area contributed by atoms with Gasteiger partial charge in [-0.05, 0) is 18.5 Å². The minimum Gasteiger partial charge on any atom is -0.427 e. The summed E-state index contributed by atoms with van der Waals surface area (Å²) in [6.45, 7) is 0.158. The van der Waals surface area contributed by atoms with Crippen molar-refractivity contribution < 1.29 is 14.8 Å². The van der Waals surface area contributed by atoms with Crippen LogP contribution in [0.25, 0.3) is 0 Å². The molecule has 0 saturated carbocycles. The Labute approximate surface area is 66.9 Å². The van der Waals surface area contributed by atoms with Crippen LogP contribution in [-0.4, -0.2) is 36.2 Å². The van der Waals surface area contributed by atoms with Crippen LogP contribution in [0.3, 0.4) is 0 Å². The average molecular weight is 164 g/mol. The highest BCUT2D eigenvalue weighted by molar-refractivity contribution is 7.80. The predicted molar refractivity (Wildman–Crippen MR) is 44.3 cm³/mol. The Morgan fingerprint density at radius 2 is 2.20 bits per heavy atom. The average Bonchev–Trinajstić information content (AvgIpc) is 1.97. The smallest absolute Gasteiger partial charge is 0.427 e. The molecule has 0 aromatic heterocycles. The maximum Gasteiger partial charge on any atom is 0.454 e. The lowest BCUT2D eigenvalue weighted by Gasteiger charge is -2.04. The zero-order chi connectivity index (χ0) is 7.82. The largest absolute Gasteiger partial charge is 0.454 e. The third-order valence-electron chi connectivity index (χ3n) is 1.01. The number of thiol groups is 1. The molecule has 0 bridgehead atoms. The second-order valence-corrected chi connectivity index (χ2v) is 2.36. The van der Waals surface area contributed by atoms with Gasteiger partial charge in [-0.2, -0.15) is 12.6 Å². The molecule has 0 radical (unpaired) electrons. The Kier molecular flexibility index (Phi) is 7.62. The van der Waals surface area contributed by atoms with Crippen LogP contribution in [-0.2, 0) is 4.65 Å². The molecule has 0 aliphatic rings. The first-order chi connectivity index (χ1) is 4.81. The highest BCUT2D eigenvalue weighted by Gasteiger charge is 2.10. The van der Waals surface area contributed by atoms with Crippen LogP contribution in [0.1, 0.15) is 6.42 Å². The van der Waals surface area contributed by atoms with E-state index in [4.69, 9.17) is 14.8 Å². The first-order valence-corrected chi connectivity index (χ1v) is 3.96. The van der Waals surface area contributed by atoms with E-state index in [9.17, 15) is 0 Å². The van der Waals surface area contributed by atoms with Crippen LogP contribution in [0.4, 0.5) is 0 Å². The summed E-state index contributed by atoms with van der Waals surface area (Å²) >= 11 is 3.97. The summed E-state index contributed by atoms with van der Waals surface area (Å²) in [7, 11) is -0.737. The summed E-state index contributed by atoms with van der Waals surface area (Å²) in [6, 6.07) is 0. The Morgan fingerprint density at radius 1 is 1.50 bits per heavy atom. The lowest BCUT2D eigenvalue weighted by molar-refractivity contribution is 0.178. The van der Waals surface area contributed by atoms with Crippen LogP contribution in [0.5, 0.6) is 0 Å². The molecule has 3 nitrogen and oxygen atoms in total. The third-order valence-corrected chi connectivity index (χ3v) is 1.33. The standard InChI is InChI=1S/C5H13BO3S/c7-3-4-9-6(8)2-1-5-10/h7-8,10H,1-5H2. The molecule has 0 spiro atoms. The lowest BCUT2D eigenvalue weighted by atomic mass is 9.84. The van der Waals surface area contributed by atoms with Gasteiger partial charge in [0.15, 0.2) is 0 Å². The Morgan fingerprint density at radius 3 is 2.70 bits per heavy atom. The first kappa shape index (κ1) is 10.3. The van der Waals surface area contributed by atoms with Crippen molar-refractivity contribution >= 4 is 19.7 Å². The lowest BCUT2D eigenvalue weighted by Crippen LogP contribution is -2.19. The first-order valence-electron chi connectivity index (χ1n) is 3.32. The highest BCUT2D eigenvalue weighted by atomic mass is 32.1. The molecule has 0 unspecified atom stereocenters. The van der Waals surface area contributed by atoms with Gasteiger partial charge in [0, 0.05) is 0 Å². The van der Waals surface area contributed by atoms with E-state index in [0.717, 1.165) is 12.2 Å². The minimum absolute atomic E-state index is 0.0437. The van der Waals surface area contributed by atoms with Gasteiger partial charge in [-0.3, -0.25) is 0 Å². The molecular formula is C5H13BO3S. The third kappa shape index (κ3) is 6.42. The van der Waals surface area contributed by atoms with Gasteiger partial charge in [0.1, 0.15) is 0 Å². The summed E-state index contributed by atoms with van der Waals surface area (Å²) in [5.41, 5.74) is 0. The van der Waals surface area contributed by atoms with Gasteiger partial charge >= 0.3 is 7.12 Å². The van der Waals surface area contributed by atoms with Crippen molar-refractivity contribution in [1.29, 1.82) is 0 Å². The zero-order valence-corrected chi connectivity index (χ0v) is 6.76. The quantitative estimate of drug-likeness (QED) is 0.376. The normalized spacial score (nSPS) is 9.90. The maximum atomic E-state index is 8.94. The maximum absolute atomic E-state index is 8.94. The molecular weight excluding hydrogens is 151 g/mol. The second-order valence-electron chi connectivity index (χ2n) is 1.91. The molecule has 0 heterocycles. The van der Waals surface area contributed by atoms with E-state index >= 15 is 0 Å². The molecule has 2 N–H and O–H groups in total. The van der Waals surface area contributed by atoms with E-state index < -0.39 is 7.12 Å². The second kappa shape index (κ2) is 7.40. The molecule has 5 heteroatoms. The van der Waals surface area contributed by atoms with Crippen molar-refractivity contribution in [3.63, 3.8) is 0 Å². The zero-order valence-electron chi connectivity index (χ0n) is 5.86. The summed E-state index contributed by atoms with van der Waals surface area (Å²) in [4.78, 5) is 0. The number of aliphatic hydroxyl groups excluding tert-OH is 1. The Hall–Kier alpha value is 0.295. The summed E-state index contributed by atoms with van der Waals surface area (Å²) in [5.74, 6) is 0.750. The summed E-state index contributed by atoms with van der Waals surface area (Å²) in [6.07, 6.45) is 1.42. The Bertz CT molecular complexity index is 65.9. The molecule has 0 saturated heterocycles. The predicted octanol–water partition coefficient (Wildman–Crippen LogP) is -0.204. The molecule has 0 aromatic carbocycles. The van der Waals surface area contributed by atoms with Crippen LogP contribution in [0.2, 0.25) is 6.32 Å². The molecule has 0 fully saturated rings. The number of hydrogen-bond acceptors (Lipinski definition) is 4. The fourth-order valence-electron chi connectivity index (χ4n) is 0.538. The van der Waals surface area contributed by atoms with Gasteiger partial charge in [0.2, 0.25) is 0 Å². The fraction of sp³-hybridized carbons (Fsp3) is 1.00. The number of rotatable bonds is 6. The Balaban J connectivity index is 3.00. The van der Waals surface area contributed by atoms with Crippen LogP contribution in [0.15, 0.2) is 0 Å². The fourth-order valence-corrected chi connectivity index (χ4v) is 0.721. The van der Waals surface area contributed by atoms with E-state index in [1.165, 1.54) is 0 Å². The van der Waals surface area contributed by atoms with Gasteiger partial charge in [-0.15, -0.1) is 0 Å². The van der Waals surface area contributed by atoms with Gasteiger partial charge in [-0.25, -0.2) is 0 Å². The van der Waals surface area contributed by atoms with E-state index in [1.54, 1.807) is 0 Å². The molecule has 60 valence electrons. The van der Waals surface area contributed by atoms with E-state index in [1.807, 2.05) is 0 Å². The SMILES string of the molecule is OCCOB(O)CCCS. The van der Waals surface area contributed by atoms with Crippen molar-refractivity contribution in [2.24, 2.45) is 0 Å². The molecule has 0 amide bonds. The van der Waals surface area contributed by atoms with E-state index in [0.29, 0.717) is 6.32 Å². The summed E-state index contributed by atoms with van der Waals surface area (Å²) in [5, 5.41) is 17.2. The molecule has 0 aliphatic carbocycles. The van der Waals surface area contributed by atoms with Gasteiger partial charge in [-0.1, -0.05) is 0 Å². The van der Waals surface area contributed by atoms with Crippen molar-refractivity contribution in [1.82, 2.24) is 0 Å². The van der Waals surface area contributed by atoms with Crippen molar-refractivity contribution in [3.05, 3.63) is 0 Å². The van der Waals surface area contributed by atoms with Crippen molar-refractivity contribution in [3.8, 4) is 0 Å². The molecule has 0 atom stereocenters. The highest BCUT2D eigenvalue weighted by Crippen LogP contribution is 1.97. The topological polar surface area (TPSA) is 49.7 Å². The van der Waals surface area contributed by atoms with E-state index in [2.05, 4.69) is 12.6 Å². The molecule has 0 aliphatic heterocycles.